The van der Waals surface area contributed by atoms with Gasteiger partial charge >= 0.3 is 0 Å². The number of hydrogen-bond acceptors (Lipinski definition) is 4. The first-order chi connectivity index (χ1) is 11.6. The normalized spacial score (nSPS) is 17.2. The molecule has 0 radical (unpaired) electrons. The second-order valence-electron chi connectivity index (χ2n) is 7.53. The summed E-state index contributed by atoms with van der Waals surface area (Å²) in [6.07, 6.45) is 1.09. The molecule has 2 rings (SSSR count). The van der Waals surface area contributed by atoms with Crippen molar-refractivity contribution >= 4 is 15.9 Å². The van der Waals surface area contributed by atoms with E-state index in [1.807, 2.05) is 20.8 Å². The van der Waals surface area contributed by atoms with E-state index < -0.39 is 10.0 Å². The molecule has 1 saturated heterocycles. The molecule has 25 heavy (non-hydrogen) atoms. The van der Waals surface area contributed by atoms with E-state index in [9.17, 15) is 13.2 Å². The van der Waals surface area contributed by atoms with Gasteiger partial charge in [-0.15, -0.1) is 0 Å². The van der Waals surface area contributed by atoms with Crippen LogP contribution in [-0.4, -0.2) is 56.8 Å². The van der Waals surface area contributed by atoms with Crippen molar-refractivity contribution in [3.63, 3.8) is 0 Å². The predicted octanol–water partition coefficient (Wildman–Crippen LogP) is 2.35. The van der Waals surface area contributed by atoms with Gasteiger partial charge < -0.3 is 9.64 Å². The van der Waals surface area contributed by atoms with E-state index >= 15 is 0 Å². The first-order valence-corrected chi connectivity index (χ1v) is 10.00. The Morgan fingerprint density at radius 3 is 2.44 bits per heavy atom. The molecular formula is C18H28N2O4S. The fourth-order valence-electron chi connectivity index (χ4n) is 2.92. The van der Waals surface area contributed by atoms with Crippen molar-refractivity contribution in [1.29, 1.82) is 0 Å². The number of nitrogens with zero attached hydrogens (tertiary/aromatic N) is 2. The molecule has 0 aliphatic carbocycles. The van der Waals surface area contributed by atoms with E-state index in [-0.39, 0.29) is 16.2 Å². The van der Waals surface area contributed by atoms with E-state index in [1.54, 1.807) is 29.2 Å². The number of benzene rings is 1. The molecule has 1 aliphatic rings. The fraction of sp³-hybridized carbons (Fsp3) is 0.611. The number of sulfonamides is 1. The Hall–Kier alpha value is -1.60. The molecule has 0 atom stereocenters. The van der Waals surface area contributed by atoms with Gasteiger partial charge in [-0.25, -0.2) is 8.42 Å². The van der Waals surface area contributed by atoms with Crippen LogP contribution >= 0.6 is 0 Å². The molecule has 7 heteroatoms. The summed E-state index contributed by atoms with van der Waals surface area (Å²) >= 11 is 0. The van der Waals surface area contributed by atoms with Gasteiger partial charge in [0, 0.05) is 32.6 Å². The summed E-state index contributed by atoms with van der Waals surface area (Å²) in [6.45, 7) is 7.80. The quantitative estimate of drug-likeness (QED) is 0.818. The number of rotatable bonds is 4. The van der Waals surface area contributed by atoms with Crippen molar-refractivity contribution in [3.8, 4) is 5.75 Å². The van der Waals surface area contributed by atoms with Crippen LogP contribution in [0.2, 0.25) is 0 Å². The SMILES string of the molecule is COc1ccccc1S(=O)(=O)N1CCCN(C(=O)CC(C)(C)C)CC1. The third-order valence-corrected chi connectivity index (χ3v) is 6.11. The van der Waals surface area contributed by atoms with Crippen LogP contribution in [0.5, 0.6) is 5.75 Å². The van der Waals surface area contributed by atoms with Crippen molar-refractivity contribution < 1.29 is 17.9 Å². The van der Waals surface area contributed by atoms with Crippen LogP contribution in [0.1, 0.15) is 33.6 Å². The Bertz CT molecular complexity index is 710. The van der Waals surface area contributed by atoms with Crippen molar-refractivity contribution in [3.05, 3.63) is 24.3 Å². The van der Waals surface area contributed by atoms with Gasteiger partial charge in [-0.1, -0.05) is 32.9 Å². The first-order valence-electron chi connectivity index (χ1n) is 8.56. The van der Waals surface area contributed by atoms with Gasteiger partial charge in [0.05, 0.1) is 7.11 Å². The van der Waals surface area contributed by atoms with Crippen LogP contribution in [0.3, 0.4) is 0 Å². The fourth-order valence-corrected chi connectivity index (χ4v) is 4.55. The number of amides is 1. The molecule has 0 N–H and O–H groups in total. The molecule has 0 saturated carbocycles. The molecule has 1 aromatic rings. The number of carbonyl (C=O) groups excluding carboxylic acids is 1. The smallest absolute Gasteiger partial charge is 0.246 e. The summed E-state index contributed by atoms with van der Waals surface area (Å²) in [4.78, 5) is 14.4. The third kappa shape index (κ3) is 4.95. The molecule has 0 bridgehead atoms. The largest absolute Gasteiger partial charge is 0.495 e. The number of para-hydroxylation sites is 1. The first kappa shape index (κ1) is 19.7. The molecule has 0 spiro atoms. The minimum Gasteiger partial charge on any atom is -0.495 e. The van der Waals surface area contributed by atoms with Crippen LogP contribution in [0.4, 0.5) is 0 Å². The zero-order valence-electron chi connectivity index (χ0n) is 15.5. The lowest BCUT2D eigenvalue weighted by Crippen LogP contribution is -2.38. The van der Waals surface area contributed by atoms with Crippen LogP contribution in [0, 0.1) is 5.41 Å². The van der Waals surface area contributed by atoms with Crippen molar-refractivity contribution in [2.24, 2.45) is 5.41 Å². The summed E-state index contributed by atoms with van der Waals surface area (Å²) in [6, 6.07) is 6.63. The van der Waals surface area contributed by atoms with E-state index in [1.165, 1.54) is 11.4 Å². The van der Waals surface area contributed by atoms with Crippen LogP contribution in [0.25, 0.3) is 0 Å². The lowest BCUT2D eigenvalue weighted by molar-refractivity contribution is -0.132. The molecule has 6 nitrogen and oxygen atoms in total. The molecule has 0 unspecified atom stereocenters. The van der Waals surface area contributed by atoms with E-state index in [0.717, 1.165) is 0 Å². The number of carbonyl (C=O) groups is 1. The number of methoxy groups -OCH3 is 1. The maximum Gasteiger partial charge on any atom is 0.246 e. The third-order valence-electron chi connectivity index (χ3n) is 4.18. The number of ether oxygens (including phenoxy) is 1. The topological polar surface area (TPSA) is 66.9 Å². The minimum absolute atomic E-state index is 0.0768. The highest BCUT2D eigenvalue weighted by atomic mass is 32.2. The maximum atomic E-state index is 13.0. The monoisotopic (exact) mass is 368 g/mol. The van der Waals surface area contributed by atoms with E-state index in [4.69, 9.17) is 4.74 Å². The van der Waals surface area contributed by atoms with Gasteiger partial charge in [0.25, 0.3) is 0 Å². The summed E-state index contributed by atoms with van der Waals surface area (Å²) in [7, 11) is -2.18. The van der Waals surface area contributed by atoms with Gasteiger partial charge in [0.2, 0.25) is 15.9 Å². The van der Waals surface area contributed by atoms with E-state index in [0.29, 0.717) is 44.8 Å². The Morgan fingerprint density at radius 1 is 1.12 bits per heavy atom. The molecule has 1 aromatic carbocycles. The highest BCUT2D eigenvalue weighted by Crippen LogP contribution is 2.27. The van der Waals surface area contributed by atoms with Crippen LogP contribution in [-0.2, 0) is 14.8 Å². The van der Waals surface area contributed by atoms with Crippen molar-refractivity contribution in [1.82, 2.24) is 9.21 Å². The summed E-state index contributed by atoms with van der Waals surface area (Å²) < 4.78 is 32.6. The van der Waals surface area contributed by atoms with Crippen LogP contribution in [0.15, 0.2) is 29.2 Å². The van der Waals surface area contributed by atoms with Crippen molar-refractivity contribution in [2.75, 3.05) is 33.3 Å². The lowest BCUT2D eigenvalue weighted by atomic mass is 9.91. The summed E-state index contributed by atoms with van der Waals surface area (Å²) in [5, 5.41) is 0. The number of hydrogen-bond donors (Lipinski definition) is 0. The van der Waals surface area contributed by atoms with Gasteiger partial charge in [-0.05, 0) is 24.0 Å². The average molecular weight is 368 g/mol. The molecule has 140 valence electrons. The Balaban J connectivity index is 2.13. The lowest BCUT2D eigenvalue weighted by Gasteiger charge is -2.25. The molecule has 1 amide bonds. The van der Waals surface area contributed by atoms with Crippen molar-refractivity contribution in [2.45, 2.75) is 38.5 Å². The van der Waals surface area contributed by atoms with Gasteiger partial charge in [0.15, 0.2) is 0 Å². The van der Waals surface area contributed by atoms with Crippen LogP contribution < -0.4 is 4.74 Å². The van der Waals surface area contributed by atoms with Gasteiger partial charge in [0.1, 0.15) is 10.6 Å². The second kappa shape index (κ2) is 7.74. The average Bonchev–Trinajstić information content (AvgIpc) is 2.80. The maximum absolute atomic E-state index is 13.0. The Morgan fingerprint density at radius 2 is 1.80 bits per heavy atom. The zero-order chi connectivity index (χ0) is 18.7. The highest BCUT2D eigenvalue weighted by Gasteiger charge is 2.31. The summed E-state index contributed by atoms with van der Waals surface area (Å²) in [5.41, 5.74) is -0.0768. The molecule has 0 aromatic heterocycles. The molecule has 1 heterocycles. The van der Waals surface area contributed by atoms with Gasteiger partial charge in [-0.2, -0.15) is 4.31 Å². The summed E-state index contributed by atoms with van der Waals surface area (Å²) in [5.74, 6) is 0.427. The molecule has 1 aliphatic heterocycles. The Labute approximate surface area is 150 Å². The zero-order valence-corrected chi connectivity index (χ0v) is 16.3. The second-order valence-corrected chi connectivity index (χ2v) is 9.43. The molecular weight excluding hydrogens is 340 g/mol. The Kier molecular flexibility index (Phi) is 6.11. The highest BCUT2D eigenvalue weighted by molar-refractivity contribution is 7.89. The predicted molar refractivity (Wildman–Crippen MR) is 97.0 cm³/mol. The van der Waals surface area contributed by atoms with Gasteiger partial charge in [-0.3, -0.25) is 4.79 Å². The minimum atomic E-state index is -3.64. The van der Waals surface area contributed by atoms with E-state index in [2.05, 4.69) is 0 Å². The standard InChI is InChI=1S/C18H28N2O4S/c1-18(2,3)14-17(21)19-10-7-11-20(13-12-19)25(22,23)16-9-6-5-8-15(16)24-4/h5-6,8-9H,7,10-14H2,1-4H3. The molecule has 1 fully saturated rings.